The van der Waals surface area contributed by atoms with E-state index in [9.17, 15) is 9.50 Å². The second kappa shape index (κ2) is 3.59. The number of hydrogen-bond donors (Lipinski definition) is 1. The van der Waals surface area contributed by atoms with Crippen LogP contribution in [0.25, 0.3) is 10.4 Å². The number of phenolic OH excluding ortho intramolecular Hbond substituents is 1. The minimum Gasteiger partial charge on any atom is -0.507 e. The molecule has 1 aromatic carbocycles. The first-order valence-corrected chi connectivity index (χ1v) is 5.10. The summed E-state index contributed by atoms with van der Waals surface area (Å²) in [6.45, 7) is 0. The van der Waals surface area contributed by atoms with Crippen LogP contribution in [0.4, 0.5) is 4.39 Å². The smallest absolute Gasteiger partial charge is 0.127 e. The standard InChI is InChI=1S/C10H6ClFOS/c11-10-4-3-9(14-10)7-2-1-6(12)5-8(7)13/h1-5,13H. The molecule has 2 rings (SSSR count). The summed E-state index contributed by atoms with van der Waals surface area (Å²) in [4.78, 5) is 0.826. The Bertz CT molecular complexity index is 467. The van der Waals surface area contributed by atoms with E-state index >= 15 is 0 Å². The Kier molecular flexibility index (Phi) is 2.44. The molecule has 4 heteroatoms. The van der Waals surface area contributed by atoms with Crippen molar-refractivity contribution in [2.45, 2.75) is 0 Å². The first-order valence-electron chi connectivity index (χ1n) is 3.91. The number of benzene rings is 1. The molecule has 0 aliphatic carbocycles. The van der Waals surface area contributed by atoms with Crippen LogP contribution in [0.3, 0.4) is 0 Å². The van der Waals surface area contributed by atoms with Crippen molar-refractivity contribution in [3.05, 3.63) is 40.5 Å². The summed E-state index contributed by atoms with van der Waals surface area (Å²) in [5, 5.41) is 9.48. The molecule has 0 aliphatic rings. The van der Waals surface area contributed by atoms with E-state index in [1.54, 1.807) is 12.1 Å². The highest BCUT2D eigenvalue weighted by atomic mass is 35.5. The molecular formula is C10H6ClFOS. The summed E-state index contributed by atoms with van der Waals surface area (Å²) in [6.07, 6.45) is 0. The molecule has 14 heavy (non-hydrogen) atoms. The highest BCUT2D eigenvalue weighted by Crippen LogP contribution is 2.36. The molecule has 0 spiro atoms. The molecule has 72 valence electrons. The maximum absolute atomic E-state index is 12.7. The first kappa shape index (κ1) is 9.49. The number of rotatable bonds is 1. The van der Waals surface area contributed by atoms with Crippen LogP contribution in [0.15, 0.2) is 30.3 Å². The maximum atomic E-state index is 12.7. The van der Waals surface area contributed by atoms with Gasteiger partial charge >= 0.3 is 0 Å². The van der Waals surface area contributed by atoms with Gasteiger partial charge < -0.3 is 5.11 Å². The van der Waals surface area contributed by atoms with Gasteiger partial charge in [-0.05, 0) is 24.3 Å². The minimum absolute atomic E-state index is 0.0662. The van der Waals surface area contributed by atoms with Crippen LogP contribution in [0.1, 0.15) is 0 Å². The number of halogens is 2. The molecule has 1 N–H and O–H groups in total. The van der Waals surface area contributed by atoms with Gasteiger partial charge in [0.05, 0.1) is 4.34 Å². The van der Waals surface area contributed by atoms with E-state index in [1.807, 2.05) is 0 Å². The number of hydrogen-bond acceptors (Lipinski definition) is 2. The summed E-state index contributed by atoms with van der Waals surface area (Å²) in [6, 6.07) is 7.46. The van der Waals surface area contributed by atoms with Crippen molar-refractivity contribution in [2.24, 2.45) is 0 Å². The third-order valence-corrected chi connectivity index (χ3v) is 3.06. The van der Waals surface area contributed by atoms with Crippen molar-refractivity contribution in [2.75, 3.05) is 0 Å². The van der Waals surface area contributed by atoms with E-state index in [2.05, 4.69) is 0 Å². The average Bonchev–Trinajstić information content (AvgIpc) is 2.51. The fraction of sp³-hybridized carbons (Fsp3) is 0. The average molecular weight is 229 g/mol. The lowest BCUT2D eigenvalue weighted by atomic mass is 10.1. The van der Waals surface area contributed by atoms with Crippen molar-refractivity contribution < 1.29 is 9.50 Å². The van der Waals surface area contributed by atoms with Crippen molar-refractivity contribution >= 4 is 22.9 Å². The summed E-state index contributed by atoms with van der Waals surface area (Å²) < 4.78 is 13.3. The molecular weight excluding hydrogens is 223 g/mol. The van der Waals surface area contributed by atoms with Crippen LogP contribution in [0.5, 0.6) is 5.75 Å². The van der Waals surface area contributed by atoms with Gasteiger partial charge in [0.15, 0.2) is 0 Å². The van der Waals surface area contributed by atoms with Gasteiger partial charge in [-0.3, -0.25) is 0 Å². The Labute approximate surface area is 89.4 Å². The highest BCUT2D eigenvalue weighted by Gasteiger charge is 2.07. The van der Waals surface area contributed by atoms with Crippen LogP contribution in [0, 0.1) is 5.82 Å². The third kappa shape index (κ3) is 1.74. The summed E-state index contributed by atoms with van der Waals surface area (Å²) in [7, 11) is 0. The van der Waals surface area contributed by atoms with Crippen LogP contribution in [-0.4, -0.2) is 5.11 Å². The molecule has 1 aromatic heterocycles. The number of thiophene rings is 1. The Morgan fingerprint density at radius 2 is 2.00 bits per heavy atom. The van der Waals surface area contributed by atoms with Gasteiger partial charge in [0.1, 0.15) is 11.6 Å². The van der Waals surface area contributed by atoms with E-state index in [1.165, 1.54) is 23.5 Å². The highest BCUT2D eigenvalue weighted by molar-refractivity contribution is 7.19. The van der Waals surface area contributed by atoms with Gasteiger partial charge in [-0.25, -0.2) is 4.39 Å². The molecule has 2 aromatic rings. The van der Waals surface area contributed by atoms with Crippen LogP contribution >= 0.6 is 22.9 Å². The first-order chi connectivity index (χ1) is 6.66. The normalized spacial score (nSPS) is 10.4. The van der Waals surface area contributed by atoms with Crippen molar-refractivity contribution in [3.8, 4) is 16.2 Å². The topological polar surface area (TPSA) is 20.2 Å². The lowest BCUT2D eigenvalue weighted by Gasteiger charge is -2.00. The van der Waals surface area contributed by atoms with E-state index in [-0.39, 0.29) is 5.75 Å². The summed E-state index contributed by atoms with van der Waals surface area (Å²) in [5.41, 5.74) is 0.600. The molecule has 0 aliphatic heterocycles. The molecule has 0 saturated carbocycles. The summed E-state index contributed by atoms with van der Waals surface area (Å²) in [5.74, 6) is -0.516. The molecule has 1 nitrogen and oxygen atoms in total. The Morgan fingerprint density at radius 1 is 1.21 bits per heavy atom. The lowest BCUT2D eigenvalue weighted by Crippen LogP contribution is -1.77. The Hall–Kier alpha value is -1.06. The molecule has 0 unspecified atom stereocenters. The van der Waals surface area contributed by atoms with Crippen LogP contribution in [0.2, 0.25) is 4.34 Å². The largest absolute Gasteiger partial charge is 0.507 e. The van der Waals surface area contributed by atoms with Crippen LogP contribution < -0.4 is 0 Å². The van der Waals surface area contributed by atoms with Crippen molar-refractivity contribution in [1.82, 2.24) is 0 Å². The van der Waals surface area contributed by atoms with Gasteiger partial charge in [0.25, 0.3) is 0 Å². The predicted molar refractivity (Wildman–Crippen MR) is 56.4 cm³/mol. The van der Waals surface area contributed by atoms with Crippen LogP contribution in [-0.2, 0) is 0 Å². The quantitative estimate of drug-likeness (QED) is 0.785. The predicted octanol–water partition coefficient (Wildman–Crippen LogP) is 3.91. The zero-order valence-corrected chi connectivity index (χ0v) is 8.57. The molecule has 0 radical (unpaired) electrons. The number of aromatic hydroxyl groups is 1. The van der Waals surface area contributed by atoms with Crippen molar-refractivity contribution in [3.63, 3.8) is 0 Å². The SMILES string of the molecule is Oc1cc(F)ccc1-c1ccc(Cl)s1. The third-order valence-electron chi connectivity index (χ3n) is 1.80. The second-order valence-corrected chi connectivity index (χ2v) is 4.48. The molecule has 1 heterocycles. The zero-order valence-electron chi connectivity index (χ0n) is 7.00. The Morgan fingerprint density at radius 3 is 2.57 bits per heavy atom. The molecule has 0 saturated heterocycles. The molecule has 0 atom stereocenters. The van der Waals surface area contributed by atoms with Gasteiger partial charge in [0, 0.05) is 16.5 Å². The fourth-order valence-electron chi connectivity index (χ4n) is 1.17. The minimum atomic E-state index is -0.450. The van der Waals surface area contributed by atoms with E-state index < -0.39 is 5.82 Å². The fourth-order valence-corrected chi connectivity index (χ4v) is 2.25. The van der Waals surface area contributed by atoms with Crippen molar-refractivity contribution in [1.29, 1.82) is 0 Å². The second-order valence-electron chi connectivity index (χ2n) is 2.77. The molecule has 0 fully saturated rings. The zero-order chi connectivity index (χ0) is 10.1. The van der Waals surface area contributed by atoms with Gasteiger partial charge in [-0.2, -0.15) is 0 Å². The van der Waals surface area contributed by atoms with Gasteiger partial charge in [-0.15, -0.1) is 11.3 Å². The Balaban J connectivity index is 2.52. The lowest BCUT2D eigenvalue weighted by molar-refractivity contribution is 0.471. The van der Waals surface area contributed by atoms with E-state index in [0.717, 1.165) is 10.9 Å². The van der Waals surface area contributed by atoms with E-state index in [4.69, 9.17) is 11.6 Å². The number of phenols is 1. The summed E-state index contributed by atoms with van der Waals surface area (Å²) >= 11 is 7.10. The van der Waals surface area contributed by atoms with E-state index in [0.29, 0.717) is 9.90 Å². The van der Waals surface area contributed by atoms with Gasteiger partial charge in [-0.1, -0.05) is 11.6 Å². The van der Waals surface area contributed by atoms with Gasteiger partial charge in [0.2, 0.25) is 0 Å². The monoisotopic (exact) mass is 228 g/mol. The molecule has 0 bridgehead atoms. The molecule has 0 amide bonds. The maximum Gasteiger partial charge on any atom is 0.127 e.